The van der Waals surface area contributed by atoms with E-state index in [2.05, 4.69) is 25.3 Å². The summed E-state index contributed by atoms with van der Waals surface area (Å²) in [6.45, 7) is 2.60. The van der Waals surface area contributed by atoms with E-state index in [1.165, 1.54) is 16.6 Å². The lowest BCUT2D eigenvalue weighted by Gasteiger charge is -2.35. The summed E-state index contributed by atoms with van der Waals surface area (Å²) < 4.78 is 35.9. The number of guanidine groups is 1. The first-order valence-corrected chi connectivity index (χ1v) is 10.2. The Labute approximate surface area is 181 Å². The maximum atomic E-state index is 12.5. The molecule has 28 heavy (non-hydrogen) atoms. The van der Waals surface area contributed by atoms with Gasteiger partial charge in [0.25, 0.3) is 0 Å². The average molecular weight is 530 g/mol. The molecule has 0 radical (unpaired) electrons. The highest BCUT2D eigenvalue weighted by Crippen LogP contribution is 2.12. The number of halogens is 1. The second-order valence-electron chi connectivity index (χ2n) is 5.88. The third kappa shape index (κ3) is 7.52. The number of carbonyl (C=O) groups excluding carboxylic acids is 1. The monoisotopic (exact) mass is 530 g/mol. The summed E-state index contributed by atoms with van der Waals surface area (Å²) in [6.07, 6.45) is 1.35. The van der Waals surface area contributed by atoms with E-state index in [4.69, 9.17) is 4.74 Å². The molecule has 1 aliphatic rings. The lowest BCUT2D eigenvalue weighted by molar-refractivity contribution is -0.120. The zero-order chi connectivity index (χ0) is 19.7. The predicted octanol–water partition coefficient (Wildman–Crippen LogP) is -0.922. The first-order chi connectivity index (χ1) is 13.0. The van der Waals surface area contributed by atoms with E-state index in [0.29, 0.717) is 51.0 Å². The van der Waals surface area contributed by atoms with Gasteiger partial charge in [0.15, 0.2) is 5.96 Å². The number of ether oxygens (including phenoxy) is 1. The van der Waals surface area contributed by atoms with Crippen LogP contribution in [0.4, 0.5) is 0 Å². The number of nitrogens with zero attached hydrogens (tertiary/aromatic N) is 4. The van der Waals surface area contributed by atoms with Gasteiger partial charge in [-0.25, -0.2) is 8.42 Å². The molecule has 1 aliphatic heterocycles. The highest BCUT2D eigenvalue weighted by Gasteiger charge is 2.29. The van der Waals surface area contributed by atoms with Crippen molar-refractivity contribution < 1.29 is 22.5 Å². The third-order valence-corrected chi connectivity index (χ3v) is 5.81. The van der Waals surface area contributed by atoms with E-state index in [9.17, 15) is 13.2 Å². The van der Waals surface area contributed by atoms with E-state index in [1.807, 2.05) is 4.90 Å². The zero-order valence-electron chi connectivity index (χ0n) is 16.0. The number of carbonyl (C=O) groups is 1. The second-order valence-corrected chi connectivity index (χ2v) is 7.85. The molecule has 2 heterocycles. The normalized spacial score (nSPS) is 15.8. The lowest BCUT2D eigenvalue weighted by atomic mass is 10.4. The van der Waals surface area contributed by atoms with Crippen LogP contribution in [0.1, 0.15) is 5.69 Å². The van der Waals surface area contributed by atoms with Gasteiger partial charge in [-0.2, -0.15) is 4.31 Å². The molecule has 0 unspecified atom stereocenters. The van der Waals surface area contributed by atoms with Gasteiger partial charge in [0.1, 0.15) is 12.0 Å². The second kappa shape index (κ2) is 12.2. The first kappa shape index (κ1) is 24.6. The third-order valence-electron chi connectivity index (χ3n) is 4.00. The summed E-state index contributed by atoms with van der Waals surface area (Å²) in [6, 6.07) is 1.54. The molecule has 0 aliphatic carbocycles. The number of aromatic nitrogens is 1. The molecule has 13 heteroatoms. The summed E-state index contributed by atoms with van der Waals surface area (Å²) in [5, 5.41) is 9.36. The smallest absolute Gasteiger partial charge is 0.239 e. The van der Waals surface area contributed by atoms with Crippen molar-refractivity contribution in [3.63, 3.8) is 0 Å². The number of piperazine rings is 1. The molecule has 160 valence electrons. The number of aliphatic imine (C=N–C) groups is 1. The van der Waals surface area contributed by atoms with Gasteiger partial charge in [0.2, 0.25) is 15.9 Å². The van der Waals surface area contributed by atoms with Crippen LogP contribution >= 0.6 is 24.0 Å². The van der Waals surface area contributed by atoms with Crippen LogP contribution in [0, 0.1) is 0 Å². The van der Waals surface area contributed by atoms with E-state index in [0.717, 1.165) is 0 Å². The van der Waals surface area contributed by atoms with E-state index < -0.39 is 10.0 Å². The Morgan fingerprint density at radius 1 is 1.32 bits per heavy atom. The topological polar surface area (TPSA) is 129 Å². The van der Waals surface area contributed by atoms with Crippen molar-refractivity contribution in [1.82, 2.24) is 25.0 Å². The number of nitrogens with one attached hydrogen (secondary N) is 2. The van der Waals surface area contributed by atoms with Gasteiger partial charge in [0.05, 0.1) is 18.8 Å². The van der Waals surface area contributed by atoms with Crippen LogP contribution in [0.3, 0.4) is 0 Å². The Kier molecular flexibility index (Phi) is 10.7. The molecule has 0 bridgehead atoms. The quantitative estimate of drug-likeness (QED) is 0.191. The Bertz CT molecular complexity index is 719. The van der Waals surface area contributed by atoms with Gasteiger partial charge >= 0.3 is 0 Å². The van der Waals surface area contributed by atoms with Crippen LogP contribution in [-0.4, -0.2) is 94.7 Å². The largest absolute Gasteiger partial charge is 0.383 e. The number of amides is 1. The van der Waals surface area contributed by atoms with Crippen molar-refractivity contribution in [3.8, 4) is 0 Å². The molecule has 0 atom stereocenters. The molecule has 2 rings (SSSR count). The SMILES string of the molecule is CN=C(NCC(=O)NCCOC)N1CCN(S(=O)(=O)Cc2ccon2)CC1.I. The molecule has 0 saturated carbocycles. The van der Waals surface area contributed by atoms with Gasteiger partial charge in [0, 0.05) is 52.9 Å². The molecule has 1 fully saturated rings. The van der Waals surface area contributed by atoms with Crippen molar-refractivity contribution in [1.29, 1.82) is 0 Å². The molecule has 11 nitrogen and oxygen atoms in total. The van der Waals surface area contributed by atoms with Crippen molar-refractivity contribution >= 4 is 45.9 Å². The maximum absolute atomic E-state index is 12.5. The lowest BCUT2D eigenvalue weighted by Crippen LogP contribution is -2.54. The van der Waals surface area contributed by atoms with Crippen LogP contribution in [0.15, 0.2) is 21.8 Å². The summed E-state index contributed by atoms with van der Waals surface area (Å²) >= 11 is 0. The van der Waals surface area contributed by atoms with Gasteiger partial charge in [-0.1, -0.05) is 5.16 Å². The summed E-state index contributed by atoms with van der Waals surface area (Å²) in [5.41, 5.74) is 0.384. The van der Waals surface area contributed by atoms with Crippen LogP contribution in [-0.2, 0) is 25.3 Å². The fourth-order valence-corrected chi connectivity index (χ4v) is 4.04. The van der Waals surface area contributed by atoms with Gasteiger partial charge in [-0.3, -0.25) is 9.79 Å². The molecule has 1 amide bonds. The molecule has 0 spiro atoms. The fraction of sp³-hybridized carbons (Fsp3) is 0.667. The first-order valence-electron chi connectivity index (χ1n) is 8.54. The Hall–Kier alpha value is -1.45. The van der Waals surface area contributed by atoms with Crippen molar-refractivity contribution in [2.75, 3.05) is 60.0 Å². The minimum atomic E-state index is -3.45. The minimum Gasteiger partial charge on any atom is -0.383 e. The minimum absolute atomic E-state index is 0. The number of hydrogen-bond donors (Lipinski definition) is 2. The average Bonchev–Trinajstić information content (AvgIpc) is 3.15. The van der Waals surface area contributed by atoms with E-state index in [-0.39, 0.29) is 42.2 Å². The molecular weight excluding hydrogens is 503 g/mol. The molecule has 1 aromatic rings. The molecule has 0 aromatic carbocycles. The van der Waals surface area contributed by atoms with E-state index in [1.54, 1.807) is 14.2 Å². The van der Waals surface area contributed by atoms with Crippen LogP contribution < -0.4 is 10.6 Å². The van der Waals surface area contributed by atoms with Crippen LogP contribution in [0.25, 0.3) is 0 Å². The Morgan fingerprint density at radius 3 is 2.61 bits per heavy atom. The molecular formula is C15H27IN6O5S. The molecule has 2 N–H and O–H groups in total. The number of sulfonamides is 1. The Morgan fingerprint density at radius 2 is 2.04 bits per heavy atom. The van der Waals surface area contributed by atoms with Gasteiger partial charge < -0.3 is 24.8 Å². The van der Waals surface area contributed by atoms with Crippen molar-refractivity contribution in [2.45, 2.75) is 5.75 Å². The fourth-order valence-electron chi connectivity index (χ4n) is 2.61. The maximum Gasteiger partial charge on any atom is 0.239 e. The summed E-state index contributed by atoms with van der Waals surface area (Å²) in [7, 11) is -0.262. The highest BCUT2D eigenvalue weighted by atomic mass is 127. The molecule has 1 saturated heterocycles. The predicted molar refractivity (Wildman–Crippen MR) is 114 cm³/mol. The van der Waals surface area contributed by atoms with Gasteiger partial charge in [-0.15, -0.1) is 24.0 Å². The Balaban J connectivity index is 0.00000392. The highest BCUT2D eigenvalue weighted by molar-refractivity contribution is 14.0. The van der Waals surface area contributed by atoms with Crippen molar-refractivity contribution in [3.05, 3.63) is 18.0 Å². The summed E-state index contributed by atoms with van der Waals surface area (Å²) in [4.78, 5) is 17.8. The van der Waals surface area contributed by atoms with Gasteiger partial charge in [-0.05, 0) is 0 Å². The summed E-state index contributed by atoms with van der Waals surface area (Å²) in [5.74, 6) is 0.213. The number of rotatable bonds is 8. The number of hydrogen-bond acceptors (Lipinski definition) is 7. The van der Waals surface area contributed by atoms with Crippen molar-refractivity contribution in [2.24, 2.45) is 4.99 Å². The zero-order valence-corrected chi connectivity index (χ0v) is 19.1. The van der Waals surface area contributed by atoms with E-state index >= 15 is 0 Å². The van der Waals surface area contributed by atoms with Crippen LogP contribution in [0.2, 0.25) is 0 Å². The standard InChI is InChI=1S/C15H26N6O5S.HI/c1-16-15(18-11-14(22)17-4-10-25-2)20-5-7-21(8-6-20)27(23,24)12-13-3-9-26-19-13;/h3,9H,4-8,10-12H2,1-2H3,(H,16,18)(H,17,22);1H. The number of methoxy groups -OCH3 is 1. The van der Waals surface area contributed by atoms with Crippen LogP contribution in [0.5, 0.6) is 0 Å². The molecule has 1 aromatic heterocycles.